The Hall–Kier alpha value is -0.0800. The zero-order chi connectivity index (χ0) is 6.69. The van der Waals surface area contributed by atoms with Crippen molar-refractivity contribution in [2.75, 3.05) is 13.7 Å². The van der Waals surface area contributed by atoms with E-state index in [0.717, 1.165) is 6.61 Å². The first-order valence-corrected chi connectivity index (χ1v) is 3.67. The molecule has 2 heteroatoms. The van der Waals surface area contributed by atoms with Crippen molar-refractivity contribution in [1.82, 2.24) is 5.32 Å². The average Bonchev–Trinajstić information content (AvgIpc) is 1.78. The van der Waals surface area contributed by atoms with Crippen LogP contribution in [-0.4, -0.2) is 25.8 Å². The van der Waals surface area contributed by atoms with Crippen molar-refractivity contribution in [3.63, 3.8) is 0 Å². The number of hydrogen-bond acceptors (Lipinski definition) is 2. The molecule has 0 aromatic rings. The van der Waals surface area contributed by atoms with Crippen molar-refractivity contribution in [2.24, 2.45) is 0 Å². The molecule has 9 heavy (non-hydrogen) atoms. The van der Waals surface area contributed by atoms with Crippen molar-refractivity contribution in [3.05, 3.63) is 0 Å². The van der Waals surface area contributed by atoms with Crippen LogP contribution < -0.4 is 5.32 Å². The summed E-state index contributed by atoms with van der Waals surface area (Å²) in [6, 6.07) is 0.582. The van der Waals surface area contributed by atoms with Gasteiger partial charge in [-0.15, -0.1) is 0 Å². The van der Waals surface area contributed by atoms with Crippen molar-refractivity contribution >= 4 is 0 Å². The Morgan fingerprint density at radius 1 is 1.78 bits per heavy atom. The van der Waals surface area contributed by atoms with Crippen LogP contribution >= 0.6 is 0 Å². The summed E-state index contributed by atoms with van der Waals surface area (Å²) in [5.74, 6) is 0. The van der Waals surface area contributed by atoms with Crippen LogP contribution in [0.1, 0.15) is 19.8 Å². The molecule has 1 aliphatic heterocycles. The Labute approximate surface area is 56.6 Å². The van der Waals surface area contributed by atoms with Crippen LogP contribution in [0.5, 0.6) is 0 Å². The van der Waals surface area contributed by atoms with Gasteiger partial charge in [-0.05, 0) is 19.9 Å². The first-order valence-electron chi connectivity index (χ1n) is 3.67. The monoisotopic (exact) mass is 129 g/mol. The first kappa shape index (κ1) is 7.03. The fraction of sp³-hybridized carbons (Fsp3) is 1.00. The van der Waals surface area contributed by atoms with E-state index < -0.39 is 0 Å². The zero-order valence-corrected chi connectivity index (χ0v) is 6.18. The summed E-state index contributed by atoms with van der Waals surface area (Å²) in [4.78, 5) is 0. The maximum absolute atomic E-state index is 5.31. The molecule has 1 saturated heterocycles. The van der Waals surface area contributed by atoms with Gasteiger partial charge >= 0.3 is 0 Å². The summed E-state index contributed by atoms with van der Waals surface area (Å²) in [5, 5.41) is 3.23. The smallest absolute Gasteiger partial charge is 0.0749 e. The van der Waals surface area contributed by atoms with E-state index in [1.54, 1.807) is 0 Å². The molecule has 2 atom stereocenters. The van der Waals surface area contributed by atoms with Gasteiger partial charge in [0, 0.05) is 12.6 Å². The molecule has 0 saturated carbocycles. The normalized spacial score (nSPS) is 29.3. The van der Waals surface area contributed by atoms with E-state index in [1.807, 2.05) is 7.05 Å². The second-order valence-electron chi connectivity index (χ2n) is 2.50. The number of ether oxygens (including phenoxy) is 1. The Balaban J connectivity index is 2.19. The molecule has 1 N–H and O–H groups in total. The molecule has 1 rings (SSSR count). The fourth-order valence-corrected chi connectivity index (χ4v) is 1.22. The molecule has 0 aromatic heterocycles. The molecule has 1 aliphatic rings. The SMILES string of the molecule is CCC(NC)C1CCO1. The van der Waals surface area contributed by atoms with E-state index >= 15 is 0 Å². The van der Waals surface area contributed by atoms with Crippen molar-refractivity contribution in [2.45, 2.75) is 31.9 Å². The minimum atomic E-state index is 0.500. The van der Waals surface area contributed by atoms with Crippen LogP contribution in [0.25, 0.3) is 0 Å². The zero-order valence-electron chi connectivity index (χ0n) is 6.18. The Bertz CT molecular complexity index is 77.0. The molecule has 0 amide bonds. The maximum Gasteiger partial charge on any atom is 0.0749 e. The molecule has 2 unspecified atom stereocenters. The molecule has 0 spiro atoms. The van der Waals surface area contributed by atoms with Gasteiger partial charge in [0.1, 0.15) is 0 Å². The quantitative estimate of drug-likeness (QED) is 0.608. The van der Waals surface area contributed by atoms with Gasteiger partial charge in [0.05, 0.1) is 6.10 Å². The van der Waals surface area contributed by atoms with Gasteiger partial charge in [0.2, 0.25) is 0 Å². The lowest BCUT2D eigenvalue weighted by atomic mass is 10.0. The van der Waals surface area contributed by atoms with E-state index in [0.29, 0.717) is 12.1 Å². The predicted molar refractivity (Wildman–Crippen MR) is 37.5 cm³/mol. The van der Waals surface area contributed by atoms with Crippen LogP contribution in [-0.2, 0) is 4.74 Å². The van der Waals surface area contributed by atoms with E-state index in [4.69, 9.17) is 4.74 Å². The molecule has 0 bridgehead atoms. The van der Waals surface area contributed by atoms with E-state index in [1.165, 1.54) is 12.8 Å². The number of likely N-dealkylation sites (N-methyl/N-ethyl adjacent to an activating group) is 1. The summed E-state index contributed by atoms with van der Waals surface area (Å²) in [5.41, 5.74) is 0. The van der Waals surface area contributed by atoms with Gasteiger partial charge in [-0.2, -0.15) is 0 Å². The lowest BCUT2D eigenvalue weighted by Crippen LogP contribution is -2.45. The van der Waals surface area contributed by atoms with E-state index in [9.17, 15) is 0 Å². The van der Waals surface area contributed by atoms with Gasteiger partial charge in [0.15, 0.2) is 0 Å². The van der Waals surface area contributed by atoms with Crippen LogP contribution in [0.15, 0.2) is 0 Å². The molecule has 1 heterocycles. The van der Waals surface area contributed by atoms with E-state index in [2.05, 4.69) is 12.2 Å². The van der Waals surface area contributed by atoms with Gasteiger partial charge in [-0.3, -0.25) is 0 Å². The number of hydrogen-bond donors (Lipinski definition) is 1. The lowest BCUT2D eigenvalue weighted by molar-refractivity contribution is -0.0705. The highest BCUT2D eigenvalue weighted by Gasteiger charge is 2.25. The molecular formula is C7H15NO. The van der Waals surface area contributed by atoms with Crippen molar-refractivity contribution in [1.29, 1.82) is 0 Å². The maximum atomic E-state index is 5.31. The summed E-state index contributed by atoms with van der Waals surface area (Å²) in [6.45, 7) is 3.14. The average molecular weight is 129 g/mol. The highest BCUT2D eigenvalue weighted by Crippen LogP contribution is 2.16. The Morgan fingerprint density at radius 2 is 2.44 bits per heavy atom. The molecule has 0 aliphatic carbocycles. The first-order chi connectivity index (χ1) is 4.38. The van der Waals surface area contributed by atoms with Crippen LogP contribution in [0, 0.1) is 0 Å². The third-order valence-corrected chi connectivity index (χ3v) is 1.99. The minimum Gasteiger partial charge on any atom is -0.376 e. The predicted octanol–water partition coefficient (Wildman–Crippen LogP) is 0.773. The Kier molecular flexibility index (Phi) is 2.49. The third-order valence-electron chi connectivity index (χ3n) is 1.99. The third kappa shape index (κ3) is 1.43. The summed E-state index contributed by atoms with van der Waals surface area (Å²) in [6.07, 6.45) is 2.90. The topological polar surface area (TPSA) is 21.3 Å². The molecule has 1 fully saturated rings. The van der Waals surface area contributed by atoms with Crippen LogP contribution in [0.4, 0.5) is 0 Å². The minimum absolute atomic E-state index is 0.500. The van der Waals surface area contributed by atoms with Gasteiger partial charge in [-0.1, -0.05) is 6.92 Å². The van der Waals surface area contributed by atoms with E-state index in [-0.39, 0.29) is 0 Å². The molecule has 0 aromatic carbocycles. The second kappa shape index (κ2) is 3.18. The number of rotatable bonds is 3. The fourth-order valence-electron chi connectivity index (χ4n) is 1.22. The van der Waals surface area contributed by atoms with Gasteiger partial charge < -0.3 is 10.1 Å². The largest absolute Gasteiger partial charge is 0.376 e. The Morgan fingerprint density at radius 3 is 2.56 bits per heavy atom. The van der Waals surface area contributed by atoms with Crippen LogP contribution in [0.3, 0.4) is 0 Å². The molecule has 2 nitrogen and oxygen atoms in total. The van der Waals surface area contributed by atoms with Crippen molar-refractivity contribution < 1.29 is 4.74 Å². The summed E-state index contributed by atoms with van der Waals surface area (Å²) < 4.78 is 5.31. The van der Waals surface area contributed by atoms with Crippen molar-refractivity contribution in [3.8, 4) is 0 Å². The van der Waals surface area contributed by atoms with Gasteiger partial charge in [-0.25, -0.2) is 0 Å². The highest BCUT2D eigenvalue weighted by molar-refractivity contribution is 4.79. The standard InChI is InChI=1S/C7H15NO/c1-3-6(8-2)7-4-5-9-7/h6-8H,3-5H2,1-2H3. The molecular weight excluding hydrogens is 114 g/mol. The van der Waals surface area contributed by atoms with Crippen LogP contribution in [0.2, 0.25) is 0 Å². The number of nitrogens with one attached hydrogen (secondary N) is 1. The highest BCUT2D eigenvalue weighted by atomic mass is 16.5. The summed E-state index contributed by atoms with van der Waals surface area (Å²) >= 11 is 0. The lowest BCUT2D eigenvalue weighted by Gasteiger charge is -2.33. The molecule has 54 valence electrons. The van der Waals surface area contributed by atoms with Gasteiger partial charge in [0.25, 0.3) is 0 Å². The molecule has 0 radical (unpaired) electrons. The summed E-state index contributed by atoms with van der Waals surface area (Å²) in [7, 11) is 2.00. The second-order valence-corrected chi connectivity index (χ2v) is 2.50.